The maximum absolute atomic E-state index is 13.0. The summed E-state index contributed by atoms with van der Waals surface area (Å²) in [5.74, 6) is -2.21. The van der Waals surface area contributed by atoms with Crippen molar-refractivity contribution in [3.63, 3.8) is 0 Å². The minimum absolute atomic E-state index is 0.120. The van der Waals surface area contributed by atoms with E-state index in [0.717, 1.165) is 0 Å². The van der Waals surface area contributed by atoms with Crippen LogP contribution in [0.15, 0.2) is 36.9 Å². The number of carbonyl (C=O) groups is 1. The van der Waals surface area contributed by atoms with E-state index in [1.165, 1.54) is 6.08 Å². The molecule has 20 heavy (non-hydrogen) atoms. The number of carbonyl (C=O) groups excluding carboxylic acids is 1. The minimum atomic E-state index is -2.54. The van der Waals surface area contributed by atoms with E-state index in [9.17, 15) is 13.6 Å². The highest BCUT2D eigenvalue weighted by atomic mass is 19.3. The lowest BCUT2D eigenvalue weighted by atomic mass is 9.94. The molecule has 0 unspecified atom stereocenters. The van der Waals surface area contributed by atoms with E-state index < -0.39 is 5.92 Å². The minimum Gasteiger partial charge on any atom is -0.490 e. The van der Waals surface area contributed by atoms with Gasteiger partial charge in [-0.3, -0.25) is 4.79 Å². The Morgan fingerprint density at radius 2 is 1.90 bits per heavy atom. The number of rotatable bonds is 4. The summed E-state index contributed by atoms with van der Waals surface area (Å²) in [4.78, 5) is 11.1. The van der Waals surface area contributed by atoms with Gasteiger partial charge in [0.2, 0.25) is 11.8 Å². The zero-order valence-electron chi connectivity index (χ0n) is 11.1. The summed E-state index contributed by atoms with van der Waals surface area (Å²) in [5.41, 5.74) is 0.637. The van der Waals surface area contributed by atoms with E-state index in [2.05, 4.69) is 11.9 Å². The van der Waals surface area contributed by atoms with Crippen LogP contribution in [0.1, 0.15) is 25.7 Å². The Balaban J connectivity index is 1.88. The Labute approximate surface area is 116 Å². The number of anilines is 1. The predicted molar refractivity (Wildman–Crippen MR) is 73.1 cm³/mol. The smallest absolute Gasteiger partial charge is 0.248 e. The van der Waals surface area contributed by atoms with E-state index in [-0.39, 0.29) is 24.9 Å². The summed E-state index contributed by atoms with van der Waals surface area (Å²) in [5, 5.41) is 2.62. The number of benzene rings is 1. The molecular formula is C15H17F2NO2. The molecule has 1 aliphatic carbocycles. The van der Waals surface area contributed by atoms with Gasteiger partial charge in [-0.05, 0) is 43.2 Å². The second-order valence-electron chi connectivity index (χ2n) is 4.89. The molecule has 108 valence electrons. The fraction of sp³-hybridized carbons (Fsp3) is 0.400. The molecule has 1 aliphatic rings. The van der Waals surface area contributed by atoms with Gasteiger partial charge in [0, 0.05) is 18.5 Å². The highest BCUT2D eigenvalue weighted by molar-refractivity contribution is 5.98. The van der Waals surface area contributed by atoms with Crippen LogP contribution in [-0.4, -0.2) is 17.9 Å². The maximum Gasteiger partial charge on any atom is 0.248 e. The molecule has 0 spiro atoms. The summed E-state index contributed by atoms with van der Waals surface area (Å²) in [7, 11) is 0. The second-order valence-corrected chi connectivity index (χ2v) is 4.89. The van der Waals surface area contributed by atoms with Gasteiger partial charge in [0.25, 0.3) is 0 Å². The van der Waals surface area contributed by atoms with Crippen molar-refractivity contribution in [2.24, 2.45) is 0 Å². The van der Waals surface area contributed by atoms with Gasteiger partial charge in [0.15, 0.2) is 0 Å². The molecule has 0 radical (unpaired) electrons. The van der Waals surface area contributed by atoms with Gasteiger partial charge in [0.05, 0.1) is 6.10 Å². The van der Waals surface area contributed by atoms with Crippen molar-refractivity contribution in [2.75, 3.05) is 5.32 Å². The molecule has 0 aromatic heterocycles. The Hall–Kier alpha value is -1.91. The van der Waals surface area contributed by atoms with E-state index in [1.807, 2.05) is 0 Å². The molecule has 0 saturated heterocycles. The molecular weight excluding hydrogens is 264 g/mol. The van der Waals surface area contributed by atoms with Gasteiger partial charge < -0.3 is 10.1 Å². The summed E-state index contributed by atoms with van der Waals surface area (Å²) in [6.07, 6.45) is 1.51. The lowest BCUT2D eigenvalue weighted by Crippen LogP contribution is -2.30. The van der Waals surface area contributed by atoms with Crippen LogP contribution in [0.25, 0.3) is 0 Å². The molecule has 1 N–H and O–H groups in total. The van der Waals surface area contributed by atoms with Crippen LogP contribution in [0.5, 0.6) is 5.75 Å². The molecule has 3 nitrogen and oxygen atoms in total. The number of halogens is 2. The number of alkyl halides is 2. The lowest BCUT2D eigenvalue weighted by molar-refractivity contribution is -0.111. The Morgan fingerprint density at radius 1 is 1.30 bits per heavy atom. The first-order chi connectivity index (χ1) is 9.48. The summed E-state index contributed by atoms with van der Waals surface area (Å²) in [6.45, 7) is 3.37. The van der Waals surface area contributed by atoms with Crippen molar-refractivity contribution in [1.29, 1.82) is 0 Å². The van der Waals surface area contributed by atoms with E-state index in [0.29, 0.717) is 24.3 Å². The van der Waals surface area contributed by atoms with Gasteiger partial charge in [-0.25, -0.2) is 8.78 Å². The number of hydrogen-bond donors (Lipinski definition) is 1. The summed E-state index contributed by atoms with van der Waals surface area (Å²) in [6, 6.07) is 6.83. The molecule has 0 bridgehead atoms. The lowest BCUT2D eigenvalue weighted by Gasteiger charge is -2.28. The van der Waals surface area contributed by atoms with Gasteiger partial charge in [-0.1, -0.05) is 6.58 Å². The van der Waals surface area contributed by atoms with Crippen LogP contribution in [-0.2, 0) is 4.79 Å². The van der Waals surface area contributed by atoms with Crippen molar-refractivity contribution in [3.8, 4) is 5.75 Å². The highest BCUT2D eigenvalue weighted by Crippen LogP contribution is 2.34. The topological polar surface area (TPSA) is 38.3 Å². The van der Waals surface area contributed by atoms with Crippen LogP contribution in [0, 0.1) is 0 Å². The van der Waals surface area contributed by atoms with Crippen LogP contribution >= 0.6 is 0 Å². The fourth-order valence-corrected chi connectivity index (χ4v) is 2.13. The van der Waals surface area contributed by atoms with Crippen molar-refractivity contribution in [3.05, 3.63) is 36.9 Å². The van der Waals surface area contributed by atoms with Crippen LogP contribution in [0.4, 0.5) is 14.5 Å². The Bertz CT molecular complexity index is 475. The Kier molecular flexibility index (Phi) is 4.37. The van der Waals surface area contributed by atoms with Gasteiger partial charge in [0.1, 0.15) is 5.75 Å². The van der Waals surface area contributed by atoms with Crippen LogP contribution in [0.3, 0.4) is 0 Å². The van der Waals surface area contributed by atoms with E-state index in [4.69, 9.17) is 4.74 Å². The van der Waals surface area contributed by atoms with Crippen molar-refractivity contribution in [1.82, 2.24) is 0 Å². The number of nitrogens with one attached hydrogen (secondary N) is 1. The molecule has 1 saturated carbocycles. The third kappa shape index (κ3) is 4.05. The maximum atomic E-state index is 13.0. The van der Waals surface area contributed by atoms with Crippen LogP contribution < -0.4 is 10.1 Å². The predicted octanol–water partition coefficient (Wildman–Crippen LogP) is 3.77. The molecule has 1 aromatic rings. The van der Waals surface area contributed by atoms with Crippen molar-refractivity contribution < 1.29 is 18.3 Å². The van der Waals surface area contributed by atoms with E-state index >= 15 is 0 Å². The van der Waals surface area contributed by atoms with Gasteiger partial charge in [-0.15, -0.1) is 0 Å². The van der Waals surface area contributed by atoms with Crippen LogP contribution in [0.2, 0.25) is 0 Å². The molecule has 0 heterocycles. The molecule has 1 aromatic carbocycles. The normalized spacial score (nSPS) is 18.3. The first-order valence-electron chi connectivity index (χ1n) is 6.56. The number of hydrogen-bond acceptors (Lipinski definition) is 2. The first kappa shape index (κ1) is 14.5. The average molecular weight is 281 g/mol. The largest absolute Gasteiger partial charge is 0.490 e. The molecule has 0 atom stereocenters. The molecule has 0 aliphatic heterocycles. The quantitative estimate of drug-likeness (QED) is 0.853. The highest BCUT2D eigenvalue weighted by Gasteiger charge is 2.35. The molecule has 1 amide bonds. The number of amides is 1. The van der Waals surface area contributed by atoms with Gasteiger partial charge >= 0.3 is 0 Å². The molecule has 5 heteroatoms. The van der Waals surface area contributed by atoms with Gasteiger partial charge in [-0.2, -0.15) is 0 Å². The second kappa shape index (κ2) is 6.03. The number of ether oxygens (including phenoxy) is 1. The van der Waals surface area contributed by atoms with E-state index in [1.54, 1.807) is 24.3 Å². The summed E-state index contributed by atoms with van der Waals surface area (Å²) < 4.78 is 31.7. The SMILES string of the molecule is C=CC(=O)Nc1ccc(OC2CCC(F)(F)CC2)cc1. The standard InChI is InChI=1S/C15H17F2NO2/c1-2-14(19)18-11-3-5-12(6-4-11)20-13-7-9-15(16,17)10-8-13/h2-6,13H,1,7-10H2,(H,18,19). The zero-order chi connectivity index (χ0) is 14.6. The molecule has 2 rings (SSSR count). The molecule has 1 fully saturated rings. The van der Waals surface area contributed by atoms with Crippen molar-refractivity contribution in [2.45, 2.75) is 37.7 Å². The summed E-state index contributed by atoms with van der Waals surface area (Å²) >= 11 is 0. The monoisotopic (exact) mass is 281 g/mol. The fourth-order valence-electron chi connectivity index (χ4n) is 2.13. The van der Waals surface area contributed by atoms with Crippen molar-refractivity contribution >= 4 is 11.6 Å². The third-order valence-corrected chi connectivity index (χ3v) is 3.27. The average Bonchev–Trinajstić information content (AvgIpc) is 2.43. The third-order valence-electron chi connectivity index (χ3n) is 3.27. The first-order valence-corrected chi connectivity index (χ1v) is 6.56. The zero-order valence-corrected chi connectivity index (χ0v) is 11.1. The Morgan fingerprint density at radius 3 is 2.45 bits per heavy atom.